The van der Waals surface area contributed by atoms with Crippen LogP contribution in [0.5, 0.6) is 0 Å². The summed E-state index contributed by atoms with van der Waals surface area (Å²) < 4.78 is 2.30. The predicted molar refractivity (Wildman–Crippen MR) is 94.2 cm³/mol. The Kier molecular flexibility index (Phi) is 5.33. The summed E-state index contributed by atoms with van der Waals surface area (Å²) in [6.45, 7) is 3.05. The normalized spacial score (nSPS) is 21.4. The van der Waals surface area contributed by atoms with E-state index < -0.39 is 0 Å². The van der Waals surface area contributed by atoms with Gasteiger partial charge in [-0.2, -0.15) is 5.26 Å². The molecule has 1 aliphatic rings. The number of nitriles is 1. The average Bonchev–Trinajstić information content (AvgIpc) is 2.97. The third kappa shape index (κ3) is 3.58. The van der Waals surface area contributed by atoms with E-state index in [4.69, 9.17) is 10.2 Å². The Morgan fingerprint density at radius 1 is 1.22 bits per heavy atom. The van der Waals surface area contributed by atoms with Crippen LogP contribution in [0.2, 0.25) is 0 Å². The fraction of sp³-hybridized carbons (Fsp3) is 0.600. The molecule has 1 aromatic carbocycles. The average molecular weight is 309 g/mol. The molecule has 0 atom stereocenters. The fourth-order valence-corrected chi connectivity index (χ4v) is 4.00. The number of hydrogen-bond acceptors (Lipinski definition) is 2. The molecule has 1 heterocycles. The molecular weight excluding hydrogens is 282 g/mol. The van der Waals surface area contributed by atoms with Gasteiger partial charge in [-0.1, -0.05) is 38.3 Å². The van der Waals surface area contributed by atoms with Gasteiger partial charge in [0.05, 0.1) is 23.5 Å². The first-order valence-electron chi connectivity index (χ1n) is 9.15. The van der Waals surface area contributed by atoms with Crippen molar-refractivity contribution in [1.82, 2.24) is 9.55 Å². The number of hydrogen-bond donors (Lipinski definition) is 0. The second-order valence-electron chi connectivity index (χ2n) is 6.88. The molecule has 0 saturated heterocycles. The number of benzene rings is 1. The summed E-state index contributed by atoms with van der Waals surface area (Å²) in [5, 5.41) is 8.97. The second-order valence-corrected chi connectivity index (χ2v) is 6.88. The molecule has 2 aromatic rings. The van der Waals surface area contributed by atoms with Crippen LogP contribution in [0, 0.1) is 17.2 Å². The van der Waals surface area contributed by atoms with Crippen molar-refractivity contribution in [2.75, 3.05) is 0 Å². The molecule has 3 rings (SSSR count). The lowest BCUT2D eigenvalue weighted by Gasteiger charge is -2.28. The van der Waals surface area contributed by atoms with Crippen molar-refractivity contribution in [3.8, 4) is 6.07 Å². The molecule has 0 aliphatic heterocycles. The van der Waals surface area contributed by atoms with Crippen LogP contribution in [0.3, 0.4) is 0 Å². The minimum absolute atomic E-state index is 0.555. The Morgan fingerprint density at radius 2 is 2.00 bits per heavy atom. The molecule has 0 amide bonds. The van der Waals surface area contributed by atoms with Crippen LogP contribution < -0.4 is 0 Å². The van der Waals surface area contributed by atoms with Crippen molar-refractivity contribution in [2.24, 2.45) is 5.92 Å². The van der Waals surface area contributed by atoms with Gasteiger partial charge in [0.2, 0.25) is 0 Å². The molecule has 1 saturated carbocycles. The highest BCUT2D eigenvalue weighted by atomic mass is 15.1. The maximum atomic E-state index is 8.97. The van der Waals surface area contributed by atoms with E-state index in [-0.39, 0.29) is 0 Å². The number of imidazole rings is 1. The molecule has 3 heteroatoms. The van der Waals surface area contributed by atoms with E-state index in [0.717, 1.165) is 18.0 Å². The number of fused-ring (bicyclic) bond motifs is 1. The van der Waals surface area contributed by atoms with E-state index in [1.165, 1.54) is 56.3 Å². The summed E-state index contributed by atoms with van der Waals surface area (Å²) >= 11 is 0. The lowest BCUT2D eigenvalue weighted by molar-refractivity contribution is 0.295. The van der Waals surface area contributed by atoms with Crippen LogP contribution in [0.1, 0.15) is 70.0 Å². The third-order valence-electron chi connectivity index (χ3n) is 5.31. The van der Waals surface area contributed by atoms with Crippen molar-refractivity contribution in [1.29, 1.82) is 5.26 Å². The minimum Gasteiger partial charge on any atom is -0.327 e. The van der Waals surface area contributed by atoms with E-state index in [9.17, 15) is 0 Å². The molecule has 0 bridgehead atoms. The lowest BCUT2D eigenvalue weighted by atomic mass is 9.79. The Hall–Kier alpha value is -1.82. The zero-order chi connectivity index (χ0) is 16.1. The van der Waals surface area contributed by atoms with Gasteiger partial charge < -0.3 is 4.57 Å². The van der Waals surface area contributed by atoms with Gasteiger partial charge in [-0.05, 0) is 43.7 Å². The van der Waals surface area contributed by atoms with Crippen molar-refractivity contribution in [3.05, 3.63) is 30.1 Å². The van der Waals surface area contributed by atoms with Gasteiger partial charge in [-0.3, -0.25) is 0 Å². The number of aromatic nitrogens is 2. The molecule has 1 aromatic heterocycles. The van der Waals surface area contributed by atoms with Gasteiger partial charge in [-0.25, -0.2) is 4.98 Å². The quantitative estimate of drug-likeness (QED) is 0.715. The Balaban J connectivity index is 1.78. The Labute approximate surface area is 139 Å². The van der Waals surface area contributed by atoms with E-state index in [1.54, 1.807) is 0 Å². The molecule has 23 heavy (non-hydrogen) atoms. The number of rotatable bonds is 6. The van der Waals surface area contributed by atoms with E-state index >= 15 is 0 Å². The summed E-state index contributed by atoms with van der Waals surface area (Å²) in [5.74, 6) is 2.71. The highest BCUT2D eigenvalue weighted by Gasteiger charge is 2.26. The second kappa shape index (κ2) is 7.64. The zero-order valence-electron chi connectivity index (χ0n) is 14.2. The summed E-state index contributed by atoms with van der Waals surface area (Å²) in [6.07, 6.45) is 9.82. The molecular formula is C20H27N3. The first kappa shape index (κ1) is 16.1. The topological polar surface area (TPSA) is 41.6 Å². The van der Waals surface area contributed by atoms with Gasteiger partial charge in [0.1, 0.15) is 5.82 Å². The number of unbranched alkanes of at least 4 members (excludes halogenated alkanes) is 1. The molecule has 1 fully saturated rings. The van der Waals surface area contributed by atoms with E-state index in [2.05, 4.69) is 41.8 Å². The minimum atomic E-state index is 0.555. The smallest absolute Gasteiger partial charge is 0.113 e. The SMILES string of the molecule is CCCCC1CCC(c2nc3ccccc3n2CCC#N)CC1. The number of para-hydroxylation sites is 2. The van der Waals surface area contributed by atoms with Gasteiger partial charge in [0, 0.05) is 12.5 Å². The highest BCUT2D eigenvalue weighted by molar-refractivity contribution is 5.76. The fourth-order valence-electron chi connectivity index (χ4n) is 4.00. The van der Waals surface area contributed by atoms with E-state index in [0.29, 0.717) is 12.3 Å². The predicted octanol–water partition coefficient (Wildman–Crippen LogP) is 5.41. The van der Waals surface area contributed by atoms with Crippen LogP contribution in [-0.2, 0) is 6.54 Å². The van der Waals surface area contributed by atoms with Crippen LogP contribution in [0.4, 0.5) is 0 Å². The van der Waals surface area contributed by atoms with Crippen LogP contribution in [0.25, 0.3) is 11.0 Å². The first-order chi connectivity index (χ1) is 11.3. The van der Waals surface area contributed by atoms with Crippen molar-refractivity contribution >= 4 is 11.0 Å². The van der Waals surface area contributed by atoms with E-state index in [1.807, 2.05) is 0 Å². The number of aryl methyl sites for hydroxylation is 1. The first-order valence-corrected chi connectivity index (χ1v) is 9.15. The molecule has 122 valence electrons. The van der Waals surface area contributed by atoms with Crippen molar-refractivity contribution in [3.63, 3.8) is 0 Å². The summed E-state index contributed by atoms with van der Waals surface area (Å²) in [7, 11) is 0. The van der Waals surface area contributed by atoms with Crippen molar-refractivity contribution in [2.45, 2.75) is 70.8 Å². The molecule has 0 unspecified atom stereocenters. The maximum Gasteiger partial charge on any atom is 0.113 e. The third-order valence-corrected chi connectivity index (χ3v) is 5.31. The number of nitrogens with zero attached hydrogens (tertiary/aromatic N) is 3. The summed E-state index contributed by atoms with van der Waals surface area (Å²) in [6, 6.07) is 10.6. The monoisotopic (exact) mass is 309 g/mol. The van der Waals surface area contributed by atoms with Crippen LogP contribution >= 0.6 is 0 Å². The summed E-state index contributed by atoms with van der Waals surface area (Å²) in [4.78, 5) is 4.93. The molecule has 3 nitrogen and oxygen atoms in total. The molecule has 0 radical (unpaired) electrons. The van der Waals surface area contributed by atoms with Crippen LogP contribution in [-0.4, -0.2) is 9.55 Å². The van der Waals surface area contributed by atoms with Crippen LogP contribution in [0.15, 0.2) is 24.3 Å². The Bertz CT molecular complexity index is 672. The highest BCUT2D eigenvalue weighted by Crippen LogP contribution is 2.38. The summed E-state index contributed by atoms with van der Waals surface area (Å²) in [5.41, 5.74) is 2.26. The Morgan fingerprint density at radius 3 is 2.74 bits per heavy atom. The van der Waals surface area contributed by atoms with Gasteiger partial charge in [0.15, 0.2) is 0 Å². The molecule has 0 N–H and O–H groups in total. The van der Waals surface area contributed by atoms with Crippen molar-refractivity contribution < 1.29 is 0 Å². The van der Waals surface area contributed by atoms with Gasteiger partial charge >= 0.3 is 0 Å². The zero-order valence-corrected chi connectivity index (χ0v) is 14.2. The lowest BCUT2D eigenvalue weighted by Crippen LogP contribution is -2.17. The van der Waals surface area contributed by atoms with Gasteiger partial charge in [0.25, 0.3) is 0 Å². The molecule has 0 spiro atoms. The maximum absolute atomic E-state index is 8.97. The molecule has 1 aliphatic carbocycles. The van der Waals surface area contributed by atoms with Gasteiger partial charge in [-0.15, -0.1) is 0 Å². The largest absolute Gasteiger partial charge is 0.327 e. The standard InChI is InChI=1S/C20H27N3/c1-2-3-7-16-10-12-17(13-11-16)20-22-18-8-4-5-9-19(18)23(20)15-6-14-21/h4-5,8-9,16-17H,2-3,6-7,10-13,15H2,1H3.